The summed E-state index contributed by atoms with van der Waals surface area (Å²) in [5.41, 5.74) is 1.11. The molecule has 2 saturated heterocycles. The van der Waals surface area contributed by atoms with E-state index in [1.807, 2.05) is 23.1 Å². The number of fused-ring (bicyclic) bond motifs is 1. The first kappa shape index (κ1) is 12.3. The molecule has 1 amide bonds. The first-order chi connectivity index (χ1) is 9.29. The van der Waals surface area contributed by atoms with Crippen molar-refractivity contribution < 1.29 is 9.53 Å². The topological polar surface area (TPSA) is 44.8 Å². The van der Waals surface area contributed by atoms with Gasteiger partial charge >= 0.3 is 0 Å². The second-order valence-electron chi connectivity index (χ2n) is 4.99. The maximum absolute atomic E-state index is 11.8. The van der Waals surface area contributed by atoms with Crippen molar-refractivity contribution in [3.63, 3.8) is 0 Å². The summed E-state index contributed by atoms with van der Waals surface area (Å²) in [6, 6.07) is 8.32. The molecule has 19 heavy (non-hydrogen) atoms. The molecule has 2 fully saturated rings. The molecule has 1 aromatic carbocycles. The van der Waals surface area contributed by atoms with Crippen molar-refractivity contribution in [2.24, 2.45) is 0 Å². The van der Waals surface area contributed by atoms with E-state index in [0.717, 1.165) is 37.6 Å². The van der Waals surface area contributed by atoms with Gasteiger partial charge in [0.05, 0.1) is 25.4 Å². The average molecular weight is 261 g/mol. The van der Waals surface area contributed by atoms with Gasteiger partial charge in [-0.05, 0) is 12.1 Å². The molecule has 5 heteroatoms. The van der Waals surface area contributed by atoms with E-state index >= 15 is 0 Å². The molecule has 0 bridgehead atoms. The van der Waals surface area contributed by atoms with Crippen LogP contribution in [0.3, 0.4) is 0 Å². The highest BCUT2D eigenvalue weighted by Crippen LogP contribution is 2.29. The highest BCUT2D eigenvalue weighted by molar-refractivity contribution is 5.80. The number of anilines is 1. The van der Waals surface area contributed by atoms with E-state index in [2.05, 4.69) is 16.3 Å². The Morgan fingerprint density at radius 1 is 1.32 bits per heavy atom. The fourth-order valence-corrected chi connectivity index (χ4v) is 2.92. The molecule has 1 unspecified atom stereocenters. The lowest BCUT2D eigenvalue weighted by molar-refractivity contribution is -0.135. The van der Waals surface area contributed by atoms with Crippen molar-refractivity contribution >= 4 is 11.6 Å². The molecule has 3 rings (SSSR count). The van der Waals surface area contributed by atoms with Crippen molar-refractivity contribution in [1.29, 1.82) is 0 Å². The zero-order valence-electron chi connectivity index (χ0n) is 11.1. The summed E-state index contributed by atoms with van der Waals surface area (Å²) in [5, 5.41) is 3.19. The number of methoxy groups -OCH3 is 1. The smallest absolute Gasteiger partial charge is 0.236 e. The fourth-order valence-electron chi connectivity index (χ4n) is 2.92. The second kappa shape index (κ2) is 5.09. The number of nitrogens with zero attached hydrogens (tertiary/aromatic N) is 2. The van der Waals surface area contributed by atoms with E-state index in [9.17, 15) is 4.79 Å². The minimum absolute atomic E-state index is 0.218. The Hall–Kier alpha value is -1.75. The molecule has 1 aromatic rings. The molecular weight excluding hydrogens is 242 g/mol. The van der Waals surface area contributed by atoms with Crippen LogP contribution >= 0.6 is 0 Å². The summed E-state index contributed by atoms with van der Waals surface area (Å²) in [7, 11) is 1.70. The number of piperazine rings is 2. The van der Waals surface area contributed by atoms with Gasteiger partial charge in [0.15, 0.2) is 0 Å². The number of amides is 1. The molecule has 0 aliphatic carbocycles. The molecule has 0 aromatic heterocycles. The molecule has 1 N–H and O–H groups in total. The number of carbonyl (C=O) groups excluding carboxylic acids is 1. The molecule has 2 aliphatic heterocycles. The van der Waals surface area contributed by atoms with E-state index in [1.54, 1.807) is 7.11 Å². The summed E-state index contributed by atoms with van der Waals surface area (Å²) in [4.78, 5) is 16.1. The lowest BCUT2D eigenvalue weighted by Crippen LogP contribution is -2.63. The summed E-state index contributed by atoms with van der Waals surface area (Å²) in [6.07, 6.45) is 0. The summed E-state index contributed by atoms with van der Waals surface area (Å²) < 4.78 is 5.42. The zero-order valence-corrected chi connectivity index (χ0v) is 11.1. The maximum Gasteiger partial charge on any atom is 0.236 e. The van der Waals surface area contributed by atoms with Gasteiger partial charge in [0.2, 0.25) is 5.91 Å². The van der Waals surface area contributed by atoms with Crippen molar-refractivity contribution in [2.75, 3.05) is 44.7 Å². The van der Waals surface area contributed by atoms with E-state index in [4.69, 9.17) is 4.74 Å². The number of para-hydroxylation sites is 2. The van der Waals surface area contributed by atoms with Gasteiger partial charge in [-0.3, -0.25) is 4.79 Å². The summed E-state index contributed by atoms with van der Waals surface area (Å²) >= 11 is 0. The van der Waals surface area contributed by atoms with Gasteiger partial charge in [-0.15, -0.1) is 0 Å². The highest BCUT2D eigenvalue weighted by atomic mass is 16.5. The van der Waals surface area contributed by atoms with Gasteiger partial charge in [-0.2, -0.15) is 0 Å². The molecule has 102 valence electrons. The third kappa shape index (κ3) is 2.26. The van der Waals surface area contributed by atoms with Crippen LogP contribution in [0, 0.1) is 0 Å². The molecule has 5 nitrogen and oxygen atoms in total. The van der Waals surface area contributed by atoms with E-state index in [-0.39, 0.29) is 11.9 Å². The number of benzene rings is 1. The van der Waals surface area contributed by atoms with Gasteiger partial charge in [0, 0.05) is 26.2 Å². The first-order valence-electron chi connectivity index (χ1n) is 6.68. The molecule has 2 heterocycles. The highest BCUT2D eigenvalue weighted by Gasteiger charge is 2.33. The fraction of sp³-hybridized carbons (Fsp3) is 0.500. The normalized spacial score (nSPS) is 23.2. The van der Waals surface area contributed by atoms with E-state index in [1.165, 1.54) is 0 Å². The third-order valence-electron chi connectivity index (χ3n) is 3.89. The predicted molar refractivity (Wildman–Crippen MR) is 73.6 cm³/mol. The van der Waals surface area contributed by atoms with Gasteiger partial charge in [0.1, 0.15) is 5.75 Å². The molecular formula is C14H19N3O2. The number of nitrogens with one attached hydrogen (secondary N) is 1. The largest absolute Gasteiger partial charge is 0.495 e. The van der Waals surface area contributed by atoms with Crippen molar-refractivity contribution in [2.45, 2.75) is 6.04 Å². The average Bonchev–Trinajstić information content (AvgIpc) is 2.47. The van der Waals surface area contributed by atoms with Crippen molar-refractivity contribution in [3.8, 4) is 5.75 Å². The van der Waals surface area contributed by atoms with Crippen LogP contribution in [0.1, 0.15) is 0 Å². The summed E-state index contributed by atoms with van der Waals surface area (Å²) in [5.74, 6) is 1.11. The van der Waals surface area contributed by atoms with Crippen LogP contribution in [0.15, 0.2) is 24.3 Å². The standard InChI is InChI=1S/C14H19N3O2/c1-19-13-5-3-2-4-12(13)16-6-7-17-11(10-16)8-15-9-14(17)18/h2-5,11,15H,6-10H2,1H3. The quantitative estimate of drug-likeness (QED) is 0.832. The Morgan fingerprint density at radius 3 is 3.00 bits per heavy atom. The van der Waals surface area contributed by atoms with Crippen LogP contribution in [0.5, 0.6) is 5.75 Å². The predicted octanol–water partition coefficient (Wildman–Crippen LogP) is 0.316. The van der Waals surface area contributed by atoms with Gasteiger partial charge in [-0.25, -0.2) is 0 Å². The zero-order chi connectivity index (χ0) is 13.2. The lowest BCUT2D eigenvalue weighted by Gasteiger charge is -2.45. The van der Waals surface area contributed by atoms with Crippen LogP contribution in [0.25, 0.3) is 0 Å². The van der Waals surface area contributed by atoms with Crippen LogP contribution in [0.4, 0.5) is 5.69 Å². The van der Waals surface area contributed by atoms with Crippen LogP contribution in [-0.4, -0.2) is 56.7 Å². The number of hydrogen-bond acceptors (Lipinski definition) is 4. The van der Waals surface area contributed by atoms with Crippen LogP contribution < -0.4 is 15.0 Å². The Kier molecular flexibility index (Phi) is 3.29. The monoisotopic (exact) mass is 261 g/mol. The van der Waals surface area contributed by atoms with Crippen LogP contribution in [-0.2, 0) is 4.79 Å². The molecule has 0 radical (unpaired) electrons. The van der Waals surface area contributed by atoms with E-state index in [0.29, 0.717) is 6.54 Å². The minimum atomic E-state index is 0.218. The molecule has 0 spiro atoms. The molecule has 0 saturated carbocycles. The minimum Gasteiger partial charge on any atom is -0.495 e. The molecule has 2 aliphatic rings. The van der Waals surface area contributed by atoms with Crippen molar-refractivity contribution in [3.05, 3.63) is 24.3 Å². The van der Waals surface area contributed by atoms with Crippen molar-refractivity contribution in [1.82, 2.24) is 10.2 Å². The van der Waals surface area contributed by atoms with Crippen LogP contribution in [0.2, 0.25) is 0 Å². The number of hydrogen-bond donors (Lipinski definition) is 1. The SMILES string of the molecule is COc1ccccc1N1CCN2C(=O)CNCC2C1. The number of ether oxygens (including phenoxy) is 1. The van der Waals surface area contributed by atoms with Gasteiger partial charge in [-0.1, -0.05) is 12.1 Å². The first-order valence-corrected chi connectivity index (χ1v) is 6.68. The van der Waals surface area contributed by atoms with E-state index < -0.39 is 0 Å². The second-order valence-corrected chi connectivity index (χ2v) is 4.99. The Morgan fingerprint density at radius 2 is 2.16 bits per heavy atom. The lowest BCUT2D eigenvalue weighted by atomic mass is 10.1. The Balaban J connectivity index is 1.79. The summed E-state index contributed by atoms with van der Waals surface area (Å²) in [6.45, 7) is 3.87. The molecule has 1 atom stereocenters. The van der Waals surface area contributed by atoms with Gasteiger partial charge in [0.25, 0.3) is 0 Å². The van der Waals surface area contributed by atoms with Gasteiger partial charge < -0.3 is 19.9 Å². The maximum atomic E-state index is 11.8. The Bertz CT molecular complexity index is 478. The number of rotatable bonds is 2. The Labute approximate surface area is 113 Å². The number of carbonyl (C=O) groups is 1. The third-order valence-corrected chi connectivity index (χ3v) is 3.89.